The molecule has 4 rings (SSSR count). The van der Waals surface area contributed by atoms with Crippen LogP contribution in [0.1, 0.15) is 88.2 Å². The van der Waals surface area contributed by atoms with Crippen LogP contribution in [0.15, 0.2) is 46.9 Å². The van der Waals surface area contributed by atoms with E-state index in [4.69, 9.17) is 0 Å². The molecule has 0 aromatic carbocycles. The topological polar surface area (TPSA) is 60.7 Å². The van der Waals surface area contributed by atoms with E-state index in [1.807, 2.05) is 0 Å². The molecule has 0 bridgehead atoms. The van der Waals surface area contributed by atoms with Crippen molar-refractivity contribution in [3.8, 4) is 0 Å². The molecule has 3 fully saturated rings. The molecule has 0 radical (unpaired) electrons. The summed E-state index contributed by atoms with van der Waals surface area (Å²) in [6.07, 6.45) is 12.1. The Morgan fingerprint density at radius 3 is 2.76 bits per heavy atom. The number of fused-ring (bicyclic) bond motifs is 1. The first-order valence-corrected chi connectivity index (χ1v) is 13.7. The van der Waals surface area contributed by atoms with E-state index in [2.05, 4.69) is 50.9 Å². The van der Waals surface area contributed by atoms with E-state index in [0.29, 0.717) is 36.0 Å². The highest BCUT2D eigenvalue weighted by Gasteiger charge is 2.50. The van der Waals surface area contributed by atoms with E-state index in [1.54, 1.807) is 16.9 Å². The number of rotatable bonds is 6. The molecule has 3 aliphatic carbocycles. The minimum atomic E-state index is -0.625. The van der Waals surface area contributed by atoms with Crippen molar-refractivity contribution in [2.24, 2.45) is 23.2 Å². The van der Waals surface area contributed by atoms with Gasteiger partial charge in [-0.05, 0) is 110 Å². The molecule has 3 nitrogen and oxygen atoms in total. The zero-order valence-electron chi connectivity index (χ0n) is 20.6. The largest absolute Gasteiger partial charge is 0.393 e. The van der Waals surface area contributed by atoms with E-state index < -0.39 is 12.2 Å². The van der Waals surface area contributed by atoms with Gasteiger partial charge in [-0.2, -0.15) is 0 Å². The summed E-state index contributed by atoms with van der Waals surface area (Å²) < 4.78 is 0. The van der Waals surface area contributed by atoms with Crippen molar-refractivity contribution in [2.45, 2.75) is 96.9 Å². The molecule has 0 amide bonds. The second-order valence-corrected chi connectivity index (χ2v) is 12.2. The van der Waals surface area contributed by atoms with Crippen LogP contribution >= 0.6 is 11.3 Å². The summed E-state index contributed by atoms with van der Waals surface area (Å²) in [5.74, 6) is 1.92. The lowest BCUT2D eigenvalue weighted by atomic mass is 9.60. The lowest BCUT2D eigenvalue weighted by Crippen LogP contribution is -2.36. The van der Waals surface area contributed by atoms with E-state index in [9.17, 15) is 15.3 Å². The van der Waals surface area contributed by atoms with Crippen LogP contribution < -0.4 is 0 Å². The van der Waals surface area contributed by atoms with Gasteiger partial charge in [-0.1, -0.05) is 38.2 Å². The van der Waals surface area contributed by atoms with Crippen molar-refractivity contribution >= 4 is 11.3 Å². The summed E-state index contributed by atoms with van der Waals surface area (Å²) in [6, 6.07) is 2.12. The molecular formula is C29H42O3S. The van der Waals surface area contributed by atoms with Crippen molar-refractivity contribution in [1.82, 2.24) is 0 Å². The predicted octanol–water partition coefficient (Wildman–Crippen LogP) is 6.65. The molecule has 2 unspecified atom stereocenters. The average Bonchev–Trinajstić information content (AvgIpc) is 3.36. The lowest BCUT2D eigenvalue weighted by molar-refractivity contribution is 0.0828. The number of hydrogen-bond acceptors (Lipinski definition) is 4. The van der Waals surface area contributed by atoms with Gasteiger partial charge in [0.15, 0.2) is 0 Å². The molecule has 0 saturated heterocycles. The van der Waals surface area contributed by atoms with Crippen LogP contribution in [0.3, 0.4) is 0 Å². The molecular weight excluding hydrogens is 428 g/mol. The third-order valence-electron chi connectivity index (χ3n) is 8.96. The molecule has 4 heteroatoms. The van der Waals surface area contributed by atoms with Crippen molar-refractivity contribution in [1.29, 1.82) is 0 Å². The first-order chi connectivity index (χ1) is 15.7. The molecule has 1 heterocycles. The van der Waals surface area contributed by atoms with Crippen LogP contribution in [0.2, 0.25) is 0 Å². The molecule has 3 aliphatic rings. The summed E-state index contributed by atoms with van der Waals surface area (Å²) in [6.45, 7) is 11.1. The fourth-order valence-electron chi connectivity index (χ4n) is 7.07. The van der Waals surface area contributed by atoms with Gasteiger partial charge >= 0.3 is 0 Å². The molecule has 1 aromatic heterocycles. The zero-order valence-corrected chi connectivity index (χ0v) is 21.4. The molecule has 182 valence electrons. The Kier molecular flexibility index (Phi) is 7.69. The fraction of sp³-hybridized carbons (Fsp3) is 0.655. The van der Waals surface area contributed by atoms with Gasteiger partial charge in [-0.3, -0.25) is 0 Å². The van der Waals surface area contributed by atoms with Gasteiger partial charge in [0.1, 0.15) is 0 Å². The Labute approximate surface area is 203 Å². The minimum absolute atomic E-state index is 0.328. The zero-order chi connectivity index (χ0) is 23.8. The molecule has 0 aliphatic heterocycles. The lowest BCUT2D eigenvalue weighted by Gasteiger charge is -2.44. The van der Waals surface area contributed by atoms with Gasteiger partial charge in [-0.15, -0.1) is 11.3 Å². The molecule has 0 spiro atoms. The molecule has 3 saturated carbocycles. The standard InChI is InChI=1S/C29H42O3S/c1-18-14-28(33-17-18)26(31)12-7-19(2)24-10-11-25-21(6-5-13-29(24,25)4)8-9-22-15-23(30)16-27(32)20(22)3/h8-9,14,17,19,23-27,30-32H,3,5-7,10-13,15-16H2,1-2,4H3/b21-8+,22-9-/t19-,23?,24-,25+,26-,27?,29-/m1/s1. The van der Waals surface area contributed by atoms with Gasteiger partial charge in [0.05, 0.1) is 18.3 Å². The molecule has 33 heavy (non-hydrogen) atoms. The summed E-state index contributed by atoms with van der Waals surface area (Å²) in [5.41, 5.74) is 4.89. The van der Waals surface area contributed by atoms with Gasteiger partial charge in [0.2, 0.25) is 0 Å². The Hall–Kier alpha value is -1.20. The highest BCUT2D eigenvalue weighted by molar-refractivity contribution is 7.10. The van der Waals surface area contributed by atoms with Crippen molar-refractivity contribution in [3.05, 3.63) is 57.3 Å². The maximum Gasteiger partial charge on any atom is 0.0882 e. The summed E-state index contributed by atoms with van der Waals surface area (Å²) in [4.78, 5) is 1.10. The average molecular weight is 471 g/mol. The van der Waals surface area contributed by atoms with Crippen LogP contribution in [0.25, 0.3) is 0 Å². The minimum Gasteiger partial charge on any atom is -0.393 e. The quantitative estimate of drug-likeness (QED) is 0.436. The van der Waals surface area contributed by atoms with Gasteiger partial charge in [-0.25, -0.2) is 0 Å². The Morgan fingerprint density at radius 2 is 2.03 bits per heavy atom. The number of aryl methyl sites for hydroxylation is 1. The number of hydrogen-bond donors (Lipinski definition) is 3. The predicted molar refractivity (Wildman–Crippen MR) is 137 cm³/mol. The van der Waals surface area contributed by atoms with E-state index >= 15 is 0 Å². The molecule has 1 aromatic rings. The Bertz CT molecular complexity index is 912. The monoisotopic (exact) mass is 470 g/mol. The first-order valence-electron chi connectivity index (χ1n) is 12.9. The second kappa shape index (κ2) is 10.2. The van der Waals surface area contributed by atoms with Crippen molar-refractivity contribution in [2.75, 3.05) is 0 Å². The van der Waals surface area contributed by atoms with Crippen LogP contribution in [0.5, 0.6) is 0 Å². The van der Waals surface area contributed by atoms with E-state index in [-0.39, 0.29) is 6.10 Å². The summed E-state index contributed by atoms with van der Waals surface area (Å²) >= 11 is 1.68. The second-order valence-electron chi connectivity index (χ2n) is 11.3. The van der Waals surface area contributed by atoms with Gasteiger partial charge < -0.3 is 15.3 Å². The third-order valence-corrected chi connectivity index (χ3v) is 10.1. The van der Waals surface area contributed by atoms with E-state index in [0.717, 1.165) is 35.3 Å². The van der Waals surface area contributed by atoms with Crippen molar-refractivity contribution in [3.63, 3.8) is 0 Å². The van der Waals surface area contributed by atoms with Crippen molar-refractivity contribution < 1.29 is 15.3 Å². The number of allylic oxidation sites excluding steroid dienone is 3. The Balaban J connectivity index is 1.43. The highest BCUT2D eigenvalue weighted by atomic mass is 32.1. The van der Waals surface area contributed by atoms with Gasteiger partial charge in [0, 0.05) is 11.3 Å². The SMILES string of the molecule is C=C1/C(=C\C=C2/CCC[C@]3(C)[C@@H]([C@H](C)CC[C@@H](O)c4cc(C)cs4)CC[C@@H]23)CC(O)CC1O. The maximum absolute atomic E-state index is 10.7. The first kappa shape index (κ1) is 24.9. The Morgan fingerprint density at radius 1 is 1.24 bits per heavy atom. The van der Waals surface area contributed by atoms with E-state index in [1.165, 1.54) is 31.2 Å². The highest BCUT2D eigenvalue weighted by Crippen LogP contribution is 2.60. The van der Waals surface area contributed by atoms with Crippen LogP contribution in [-0.2, 0) is 0 Å². The van der Waals surface area contributed by atoms with Gasteiger partial charge in [0.25, 0.3) is 0 Å². The number of aliphatic hydroxyl groups is 3. The molecule has 3 N–H and O–H groups in total. The molecule has 7 atom stereocenters. The van der Waals surface area contributed by atoms with Crippen LogP contribution in [0, 0.1) is 30.1 Å². The fourth-order valence-corrected chi connectivity index (χ4v) is 7.99. The number of aliphatic hydroxyl groups excluding tert-OH is 3. The summed E-state index contributed by atoms with van der Waals surface area (Å²) in [5, 5.41) is 33.0. The number of thiophene rings is 1. The third kappa shape index (κ3) is 5.24. The smallest absolute Gasteiger partial charge is 0.0882 e. The van der Waals surface area contributed by atoms with Crippen LogP contribution in [-0.4, -0.2) is 27.5 Å². The maximum atomic E-state index is 10.7. The van der Waals surface area contributed by atoms with Crippen LogP contribution in [0.4, 0.5) is 0 Å². The summed E-state index contributed by atoms with van der Waals surface area (Å²) in [7, 11) is 0. The normalized spacial score (nSPS) is 36.8.